The van der Waals surface area contributed by atoms with Crippen LogP contribution in [-0.2, 0) is 20.1 Å². The summed E-state index contributed by atoms with van der Waals surface area (Å²) in [6.45, 7) is 6.64. The number of benzene rings is 2. The minimum Gasteiger partial charge on any atom is -0.380 e. The number of hydrogen-bond acceptors (Lipinski definition) is 6. The molecular formula is C28H27ClN6O2. The van der Waals surface area contributed by atoms with Gasteiger partial charge in [0, 0.05) is 53.6 Å². The minimum atomic E-state index is -0.259. The molecule has 0 fully saturated rings. The van der Waals surface area contributed by atoms with Gasteiger partial charge in [0.25, 0.3) is 5.91 Å². The summed E-state index contributed by atoms with van der Waals surface area (Å²) in [5.41, 5.74) is 7.43. The summed E-state index contributed by atoms with van der Waals surface area (Å²) < 4.78 is 7.12. The molecule has 2 aromatic carbocycles. The highest BCUT2D eigenvalue weighted by Gasteiger charge is 2.17. The second kappa shape index (κ2) is 10.1. The second-order valence-corrected chi connectivity index (χ2v) is 9.50. The van der Waals surface area contributed by atoms with Gasteiger partial charge in [-0.1, -0.05) is 35.0 Å². The molecule has 8 nitrogen and oxygen atoms in total. The predicted octanol–water partition coefficient (Wildman–Crippen LogP) is 5.74. The standard InChI is InChI=1S/C28H27ClN6O2/c1-16-21(15-35(4)33-16)14-31-28(36)26-12-25(30-13-19-6-5-7-22(29)10-19)23-11-20(8-9-24(23)32-26)27-17(2)34-37-18(27)3/h5-12,15H,13-14H2,1-4H3,(H,30,32)(H,31,36). The van der Waals surface area contributed by atoms with Gasteiger partial charge >= 0.3 is 0 Å². The van der Waals surface area contributed by atoms with Crippen molar-refractivity contribution in [1.29, 1.82) is 0 Å². The number of aromatic nitrogens is 4. The number of fused-ring (bicyclic) bond motifs is 1. The minimum absolute atomic E-state index is 0.259. The van der Waals surface area contributed by atoms with Gasteiger partial charge in [0.05, 0.1) is 16.9 Å². The van der Waals surface area contributed by atoms with Crippen molar-refractivity contribution in [2.45, 2.75) is 33.9 Å². The zero-order valence-corrected chi connectivity index (χ0v) is 21.8. The van der Waals surface area contributed by atoms with E-state index in [2.05, 4.69) is 31.9 Å². The van der Waals surface area contributed by atoms with Crippen molar-refractivity contribution in [1.82, 2.24) is 25.2 Å². The molecule has 3 aromatic heterocycles. The molecule has 5 rings (SSSR count). The van der Waals surface area contributed by atoms with E-state index >= 15 is 0 Å². The highest BCUT2D eigenvalue weighted by Crippen LogP contribution is 2.32. The molecule has 0 unspecified atom stereocenters. The molecule has 0 saturated heterocycles. The Bertz CT molecular complexity index is 1600. The van der Waals surface area contributed by atoms with Crippen LogP contribution in [0, 0.1) is 20.8 Å². The Balaban J connectivity index is 1.51. The number of nitrogens with one attached hydrogen (secondary N) is 2. The molecule has 188 valence electrons. The van der Waals surface area contributed by atoms with E-state index in [1.807, 2.05) is 70.4 Å². The van der Waals surface area contributed by atoms with Gasteiger partial charge in [0.1, 0.15) is 11.5 Å². The van der Waals surface area contributed by atoms with Crippen molar-refractivity contribution < 1.29 is 9.32 Å². The quantitative estimate of drug-likeness (QED) is 0.287. The SMILES string of the molecule is Cc1nn(C)cc1CNC(=O)c1cc(NCc2cccc(Cl)c2)c2cc(-c3c(C)noc3C)ccc2n1. The number of halogens is 1. The van der Waals surface area contributed by atoms with Gasteiger partial charge in [-0.25, -0.2) is 4.98 Å². The summed E-state index contributed by atoms with van der Waals surface area (Å²) >= 11 is 6.18. The number of anilines is 1. The summed E-state index contributed by atoms with van der Waals surface area (Å²) in [6.07, 6.45) is 1.90. The van der Waals surface area contributed by atoms with Gasteiger partial charge in [-0.2, -0.15) is 5.10 Å². The highest BCUT2D eigenvalue weighted by molar-refractivity contribution is 6.30. The van der Waals surface area contributed by atoms with E-state index in [1.54, 1.807) is 10.7 Å². The third kappa shape index (κ3) is 5.20. The molecule has 0 aliphatic carbocycles. The summed E-state index contributed by atoms with van der Waals surface area (Å²) in [7, 11) is 1.86. The van der Waals surface area contributed by atoms with E-state index in [4.69, 9.17) is 16.1 Å². The second-order valence-electron chi connectivity index (χ2n) is 9.07. The number of carbonyl (C=O) groups is 1. The lowest BCUT2D eigenvalue weighted by Gasteiger charge is -2.14. The average molecular weight is 515 g/mol. The summed E-state index contributed by atoms with van der Waals surface area (Å²) in [6, 6.07) is 15.4. The van der Waals surface area contributed by atoms with Crippen molar-refractivity contribution in [3.8, 4) is 11.1 Å². The fourth-order valence-electron chi connectivity index (χ4n) is 4.47. The molecule has 5 aromatic rings. The first-order valence-corrected chi connectivity index (χ1v) is 12.3. The highest BCUT2D eigenvalue weighted by atomic mass is 35.5. The van der Waals surface area contributed by atoms with E-state index in [-0.39, 0.29) is 5.91 Å². The summed E-state index contributed by atoms with van der Waals surface area (Å²) in [4.78, 5) is 17.8. The van der Waals surface area contributed by atoms with Crippen molar-refractivity contribution >= 4 is 34.1 Å². The van der Waals surface area contributed by atoms with Crippen LogP contribution in [-0.4, -0.2) is 25.8 Å². The lowest BCUT2D eigenvalue weighted by Crippen LogP contribution is -2.24. The zero-order chi connectivity index (χ0) is 26.1. The van der Waals surface area contributed by atoms with E-state index in [9.17, 15) is 4.79 Å². The molecule has 1 amide bonds. The van der Waals surface area contributed by atoms with Gasteiger partial charge < -0.3 is 15.2 Å². The Kier molecular flexibility index (Phi) is 6.67. The molecule has 0 aliphatic rings. The van der Waals surface area contributed by atoms with Crippen molar-refractivity contribution in [2.24, 2.45) is 7.05 Å². The number of pyridine rings is 1. The number of hydrogen-bond donors (Lipinski definition) is 2. The van der Waals surface area contributed by atoms with Crippen LogP contribution in [0.25, 0.3) is 22.0 Å². The van der Waals surface area contributed by atoms with Crippen molar-refractivity contribution in [2.75, 3.05) is 5.32 Å². The topological polar surface area (TPSA) is 97.9 Å². The Hall–Kier alpha value is -4.17. The lowest BCUT2D eigenvalue weighted by atomic mass is 10.0. The van der Waals surface area contributed by atoms with Gasteiger partial charge in [-0.15, -0.1) is 0 Å². The van der Waals surface area contributed by atoms with Crippen molar-refractivity contribution in [3.63, 3.8) is 0 Å². The van der Waals surface area contributed by atoms with Gasteiger partial charge in [-0.05, 0) is 62.2 Å². The van der Waals surface area contributed by atoms with Crippen LogP contribution in [0.1, 0.15) is 38.8 Å². The van der Waals surface area contributed by atoms with E-state index in [1.165, 1.54) is 0 Å². The fraction of sp³-hybridized carbons (Fsp3) is 0.214. The molecule has 37 heavy (non-hydrogen) atoms. The predicted molar refractivity (Wildman–Crippen MR) is 145 cm³/mol. The normalized spacial score (nSPS) is 11.2. The zero-order valence-electron chi connectivity index (χ0n) is 21.1. The molecule has 0 radical (unpaired) electrons. The molecule has 0 aliphatic heterocycles. The number of aryl methyl sites for hydroxylation is 4. The Morgan fingerprint density at radius 3 is 2.59 bits per heavy atom. The van der Waals surface area contributed by atoms with E-state index in [0.717, 1.165) is 50.5 Å². The maximum atomic E-state index is 13.1. The van der Waals surface area contributed by atoms with Crippen LogP contribution >= 0.6 is 11.6 Å². The summed E-state index contributed by atoms with van der Waals surface area (Å²) in [5.74, 6) is 0.491. The largest absolute Gasteiger partial charge is 0.380 e. The van der Waals surface area contributed by atoms with Crippen LogP contribution < -0.4 is 10.6 Å². The molecule has 2 N–H and O–H groups in total. The smallest absolute Gasteiger partial charge is 0.270 e. The molecule has 9 heteroatoms. The molecule has 3 heterocycles. The van der Waals surface area contributed by atoms with Gasteiger partial charge in [-0.3, -0.25) is 9.48 Å². The Labute approximate surface area is 219 Å². The van der Waals surface area contributed by atoms with Gasteiger partial charge in [0.2, 0.25) is 0 Å². The third-order valence-corrected chi connectivity index (χ3v) is 6.52. The third-order valence-electron chi connectivity index (χ3n) is 6.29. The van der Waals surface area contributed by atoms with Crippen LogP contribution in [0.15, 0.2) is 59.3 Å². The van der Waals surface area contributed by atoms with Gasteiger partial charge in [0.15, 0.2) is 0 Å². The molecule has 0 spiro atoms. The molecular weight excluding hydrogens is 488 g/mol. The Morgan fingerprint density at radius 2 is 1.89 bits per heavy atom. The summed E-state index contributed by atoms with van der Waals surface area (Å²) in [5, 5.41) is 16.4. The van der Waals surface area contributed by atoms with Crippen LogP contribution in [0.3, 0.4) is 0 Å². The fourth-order valence-corrected chi connectivity index (χ4v) is 4.68. The molecule has 0 atom stereocenters. The molecule has 0 saturated carbocycles. The monoisotopic (exact) mass is 514 g/mol. The van der Waals surface area contributed by atoms with Crippen LogP contribution in [0.2, 0.25) is 5.02 Å². The number of carbonyl (C=O) groups excluding carboxylic acids is 1. The first-order valence-electron chi connectivity index (χ1n) is 11.9. The number of rotatable bonds is 7. The van der Waals surface area contributed by atoms with Crippen LogP contribution in [0.4, 0.5) is 5.69 Å². The Morgan fingerprint density at radius 1 is 1.05 bits per heavy atom. The number of amides is 1. The number of nitrogens with zero attached hydrogens (tertiary/aromatic N) is 4. The first-order chi connectivity index (χ1) is 17.8. The van der Waals surface area contributed by atoms with Crippen molar-refractivity contribution in [3.05, 3.63) is 93.7 Å². The first kappa shape index (κ1) is 24.5. The average Bonchev–Trinajstić information content (AvgIpc) is 3.39. The maximum Gasteiger partial charge on any atom is 0.270 e. The lowest BCUT2D eigenvalue weighted by molar-refractivity contribution is 0.0946. The van der Waals surface area contributed by atoms with E-state index < -0.39 is 0 Å². The van der Waals surface area contributed by atoms with Crippen LogP contribution in [0.5, 0.6) is 0 Å². The molecule has 0 bridgehead atoms. The van der Waals surface area contributed by atoms with E-state index in [0.29, 0.717) is 29.3 Å². The maximum absolute atomic E-state index is 13.1.